The van der Waals surface area contributed by atoms with E-state index in [1.54, 1.807) is 12.1 Å². The molecule has 1 saturated carbocycles. The number of nitrogens with one attached hydrogen (secondary N) is 1. The summed E-state index contributed by atoms with van der Waals surface area (Å²) in [5.74, 6) is 0.349. The van der Waals surface area contributed by atoms with Crippen molar-refractivity contribution >= 4 is 23.4 Å². The van der Waals surface area contributed by atoms with Crippen LogP contribution < -0.4 is 5.32 Å². The molecule has 1 heterocycles. The van der Waals surface area contributed by atoms with E-state index >= 15 is 0 Å². The van der Waals surface area contributed by atoms with E-state index < -0.39 is 5.25 Å². The number of halogens is 1. The van der Waals surface area contributed by atoms with Gasteiger partial charge in [0.2, 0.25) is 5.91 Å². The SMILES string of the molecule is Cc1nnc(SC(C(=O)Nc2ccc(F)cc2)c2ccccc2)n1C1CC1. The second-order valence-corrected chi connectivity index (χ2v) is 7.61. The van der Waals surface area contributed by atoms with Crippen LogP contribution in [0, 0.1) is 12.7 Å². The number of hydrogen-bond donors (Lipinski definition) is 1. The highest BCUT2D eigenvalue weighted by molar-refractivity contribution is 8.00. The highest BCUT2D eigenvalue weighted by Gasteiger charge is 2.31. The lowest BCUT2D eigenvalue weighted by Gasteiger charge is -2.17. The zero-order chi connectivity index (χ0) is 18.8. The van der Waals surface area contributed by atoms with E-state index in [0.29, 0.717) is 11.7 Å². The molecule has 1 aromatic heterocycles. The predicted octanol–water partition coefficient (Wildman–Crippen LogP) is 4.53. The van der Waals surface area contributed by atoms with E-state index in [-0.39, 0.29) is 11.7 Å². The van der Waals surface area contributed by atoms with Crippen molar-refractivity contribution in [1.82, 2.24) is 14.8 Å². The van der Waals surface area contributed by atoms with E-state index in [1.807, 2.05) is 37.3 Å². The molecule has 7 heteroatoms. The van der Waals surface area contributed by atoms with Crippen molar-refractivity contribution in [2.75, 3.05) is 5.32 Å². The summed E-state index contributed by atoms with van der Waals surface area (Å²) in [6, 6.07) is 15.8. The van der Waals surface area contributed by atoms with E-state index in [9.17, 15) is 9.18 Å². The van der Waals surface area contributed by atoms with Gasteiger partial charge in [0.15, 0.2) is 5.16 Å². The Morgan fingerprint density at radius 2 is 1.85 bits per heavy atom. The summed E-state index contributed by atoms with van der Waals surface area (Å²) in [5.41, 5.74) is 1.44. The van der Waals surface area contributed by atoms with Gasteiger partial charge in [-0.1, -0.05) is 42.1 Å². The Morgan fingerprint density at radius 1 is 1.15 bits per heavy atom. The average Bonchev–Trinajstić information content (AvgIpc) is 3.45. The topological polar surface area (TPSA) is 59.8 Å². The van der Waals surface area contributed by atoms with Crippen LogP contribution in [0.3, 0.4) is 0 Å². The monoisotopic (exact) mass is 382 g/mol. The van der Waals surface area contributed by atoms with Crippen LogP contribution in [0.15, 0.2) is 59.8 Å². The molecule has 1 unspecified atom stereocenters. The number of anilines is 1. The molecule has 0 spiro atoms. The van der Waals surface area contributed by atoms with Gasteiger partial charge in [0, 0.05) is 11.7 Å². The first-order valence-corrected chi connectivity index (χ1v) is 9.69. The Hall–Kier alpha value is -2.67. The third-order valence-electron chi connectivity index (χ3n) is 4.42. The van der Waals surface area contributed by atoms with Gasteiger partial charge in [-0.3, -0.25) is 4.79 Å². The number of nitrogens with zero attached hydrogens (tertiary/aromatic N) is 3. The number of aromatic nitrogens is 3. The average molecular weight is 382 g/mol. The fourth-order valence-electron chi connectivity index (χ4n) is 2.93. The molecular formula is C20H19FN4OS. The molecule has 5 nitrogen and oxygen atoms in total. The second kappa shape index (κ2) is 7.52. The maximum absolute atomic E-state index is 13.1. The highest BCUT2D eigenvalue weighted by atomic mass is 32.2. The fourth-order valence-corrected chi connectivity index (χ4v) is 4.08. The largest absolute Gasteiger partial charge is 0.325 e. The number of benzene rings is 2. The summed E-state index contributed by atoms with van der Waals surface area (Å²) in [4.78, 5) is 13.0. The number of thioether (sulfide) groups is 1. The Labute approximate surface area is 161 Å². The third kappa shape index (κ3) is 4.03. The van der Waals surface area contributed by atoms with Crippen LogP contribution in [0.4, 0.5) is 10.1 Å². The van der Waals surface area contributed by atoms with Crippen molar-refractivity contribution in [3.05, 3.63) is 71.8 Å². The van der Waals surface area contributed by atoms with Gasteiger partial charge >= 0.3 is 0 Å². The van der Waals surface area contributed by atoms with Gasteiger partial charge in [-0.2, -0.15) is 0 Å². The maximum Gasteiger partial charge on any atom is 0.242 e. The molecule has 1 N–H and O–H groups in total. The first-order chi connectivity index (χ1) is 13.1. The first-order valence-electron chi connectivity index (χ1n) is 8.81. The Morgan fingerprint density at radius 3 is 2.52 bits per heavy atom. The van der Waals surface area contributed by atoms with Crippen molar-refractivity contribution in [2.24, 2.45) is 0 Å². The molecule has 27 heavy (non-hydrogen) atoms. The molecule has 1 fully saturated rings. The molecule has 1 aliphatic rings. The van der Waals surface area contributed by atoms with Crippen molar-refractivity contribution in [3.8, 4) is 0 Å². The molecule has 3 aromatic rings. The minimum absolute atomic E-state index is 0.180. The van der Waals surface area contributed by atoms with Gasteiger partial charge in [-0.05, 0) is 49.6 Å². The summed E-state index contributed by atoms with van der Waals surface area (Å²) in [6.07, 6.45) is 2.23. The quantitative estimate of drug-likeness (QED) is 0.636. The van der Waals surface area contributed by atoms with Gasteiger partial charge < -0.3 is 9.88 Å². The molecule has 1 aliphatic carbocycles. The van der Waals surface area contributed by atoms with E-state index in [1.165, 1.54) is 23.9 Å². The van der Waals surface area contributed by atoms with Gasteiger partial charge in [-0.25, -0.2) is 4.39 Å². The lowest BCUT2D eigenvalue weighted by molar-refractivity contribution is -0.115. The number of amides is 1. The van der Waals surface area contributed by atoms with Crippen LogP contribution >= 0.6 is 11.8 Å². The van der Waals surface area contributed by atoms with Crippen LogP contribution in [0.1, 0.15) is 35.5 Å². The van der Waals surface area contributed by atoms with Crippen LogP contribution in [0.2, 0.25) is 0 Å². The molecule has 1 amide bonds. The summed E-state index contributed by atoms with van der Waals surface area (Å²) >= 11 is 1.39. The lowest BCUT2D eigenvalue weighted by atomic mass is 10.1. The molecule has 1 atom stereocenters. The molecule has 0 bridgehead atoms. The Kier molecular flexibility index (Phi) is 4.94. The number of rotatable bonds is 6. The Bertz CT molecular complexity index is 938. The van der Waals surface area contributed by atoms with Crippen LogP contribution in [-0.4, -0.2) is 20.7 Å². The number of aryl methyl sites for hydroxylation is 1. The van der Waals surface area contributed by atoms with Gasteiger partial charge in [0.1, 0.15) is 16.9 Å². The smallest absolute Gasteiger partial charge is 0.242 e. The third-order valence-corrected chi connectivity index (χ3v) is 5.63. The molecule has 0 saturated heterocycles. The molecule has 0 aliphatic heterocycles. The van der Waals surface area contributed by atoms with Crippen molar-refractivity contribution in [3.63, 3.8) is 0 Å². The van der Waals surface area contributed by atoms with Crippen molar-refractivity contribution in [2.45, 2.75) is 36.2 Å². The molecule has 0 radical (unpaired) electrons. The molecule has 138 valence electrons. The molecule has 4 rings (SSSR count). The van der Waals surface area contributed by atoms with E-state index in [0.717, 1.165) is 29.4 Å². The zero-order valence-corrected chi connectivity index (χ0v) is 15.6. The van der Waals surface area contributed by atoms with Gasteiger partial charge in [-0.15, -0.1) is 10.2 Å². The minimum Gasteiger partial charge on any atom is -0.325 e. The predicted molar refractivity (Wildman–Crippen MR) is 103 cm³/mol. The van der Waals surface area contributed by atoms with Gasteiger partial charge in [0.05, 0.1) is 0 Å². The van der Waals surface area contributed by atoms with E-state index in [4.69, 9.17) is 0 Å². The molecule has 2 aromatic carbocycles. The Balaban J connectivity index is 1.61. The van der Waals surface area contributed by atoms with E-state index in [2.05, 4.69) is 20.1 Å². The van der Waals surface area contributed by atoms with Crippen molar-refractivity contribution < 1.29 is 9.18 Å². The normalized spacial score (nSPS) is 14.7. The first kappa shape index (κ1) is 17.7. The van der Waals surface area contributed by atoms with Crippen LogP contribution in [-0.2, 0) is 4.79 Å². The number of carbonyl (C=O) groups excluding carboxylic acids is 1. The standard InChI is InChI=1S/C20H19FN4OS/c1-13-23-24-20(25(13)17-11-12-17)27-18(14-5-3-2-4-6-14)19(26)22-16-9-7-15(21)8-10-16/h2-10,17-18H,11-12H2,1H3,(H,22,26). The van der Waals surface area contributed by atoms with Crippen molar-refractivity contribution in [1.29, 1.82) is 0 Å². The zero-order valence-electron chi connectivity index (χ0n) is 14.8. The molecular weight excluding hydrogens is 363 g/mol. The summed E-state index contributed by atoms with van der Waals surface area (Å²) in [5, 5.41) is 11.6. The summed E-state index contributed by atoms with van der Waals surface area (Å²) in [6.45, 7) is 1.94. The highest BCUT2D eigenvalue weighted by Crippen LogP contribution is 2.42. The van der Waals surface area contributed by atoms with Gasteiger partial charge in [0.25, 0.3) is 0 Å². The fraction of sp³-hybridized carbons (Fsp3) is 0.250. The lowest BCUT2D eigenvalue weighted by Crippen LogP contribution is -2.19. The number of carbonyl (C=O) groups is 1. The summed E-state index contributed by atoms with van der Waals surface area (Å²) in [7, 11) is 0. The minimum atomic E-state index is -0.489. The number of hydrogen-bond acceptors (Lipinski definition) is 4. The van der Waals surface area contributed by atoms with Crippen LogP contribution in [0.25, 0.3) is 0 Å². The maximum atomic E-state index is 13.1. The summed E-state index contributed by atoms with van der Waals surface area (Å²) < 4.78 is 15.2. The second-order valence-electron chi connectivity index (χ2n) is 6.54. The van der Waals surface area contributed by atoms with Crippen LogP contribution in [0.5, 0.6) is 0 Å².